The van der Waals surface area contributed by atoms with Gasteiger partial charge in [-0.25, -0.2) is 0 Å². The molecule has 2 fully saturated rings. The fourth-order valence-electron chi connectivity index (χ4n) is 2.58. The van der Waals surface area contributed by atoms with Crippen LogP contribution in [-0.4, -0.2) is 37.6 Å². The Morgan fingerprint density at radius 2 is 2.27 bits per heavy atom. The third-order valence-electron chi connectivity index (χ3n) is 3.66. The largest absolute Gasteiger partial charge is 0.384 e. The van der Waals surface area contributed by atoms with Crippen LogP contribution in [0.5, 0.6) is 0 Å². The average molecular weight is 210 g/mol. The van der Waals surface area contributed by atoms with Gasteiger partial charge in [0.15, 0.2) is 0 Å². The number of nitrogens with zero attached hydrogens (tertiary/aromatic N) is 1. The zero-order valence-corrected chi connectivity index (χ0v) is 9.50. The van der Waals surface area contributed by atoms with Crippen LogP contribution in [0, 0.1) is 11.8 Å². The number of ether oxygens (including phenoxy) is 1. The van der Waals surface area contributed by atoms with E-state index >= 15 is 0 Å². The zero-order chi connectivity index (χ0) is 10.7. The predicted molar refractivity (Wildman–Crippen MR) is 58.3 cm³/mol. The number of rotatable bonds is 3. The van der Waals surface area contributed by atoms with E-state index in [4.69, 9.17) is 4.74 Å². The van der Waals surface area contributed by atoms with Crippen molar-refractivity contribution in [1.29, 1.82) is 0 Å². The molecule has 1 saturated carbocycles. The molecule has 0 atom stereocenters. The molecule has 0 aromatic carbocycles. The molecular formula is C12H20NO2. The van der Waals surface area contributed by atoms with Crippen molar-refractivity contribution in [3.63, 3.8) is 0 Å². The number of methoxy groups -OCH3 is 1. The molecule has 1 radical (unpaired) electrons. The van der Waals surface area contributed by atoms with Crippen LogP contribution in [0.3, 0.4) is 0 Å². The SMILES string of the molecule is COCC1(C(=O)N2C[CH]CCC2)CCC1. The Morgan fingerprint density at radius 3 is 2.73 bits per heavy atom. The molecule has 1 aliphatic carbocycles. The van der Waals surface area contributed by atoms with Gasteiger partial charge >= 0.3 is 0 Å². The van der Waals surface area contributed by atoms with Gasteiger partial charge in [0, 0.05) is 20.2 Å². The van der Waals surface area contributed by atoms with E-state index in [0.29, 0.717) is 12.5 Å². The second-order valence-corrected chi connectivity index (χ2v) is 4.75. The molecular weight excluding hydrogens is 190 g/mol. The molecule has 85 valence electrons. The van der Waals surface area contributed by atoms with Crippen LogP contribution < -0.4 is 0 Å². The highest BCUT2D eigenvalue weighted by molar-refractivity contribution is 5.84. The summed E-state index contributed by atoms with van der Waals surface area (Å²) in [6.07, 6.45) is 7.68. The number of hydrogen-bond acceptors (Lipinski definition) is 2. The quantitative estimate of drug-likeness (QED) is 0.708. The first-order chi connectivity index (χ1) is 7.28. The first kappa shape index (κ1) is 10.9. The summed E-state index contributed by atoms with van der Waals surface area (Å²) in [6.45, 7) is 2.37. The molecule has 1 heterocycles. The van der Waals surface area contributed by atoms with Gasteiger partial charge in [0.05, 0.1) is 12.0 Å². The van der Waals surface area contributed by atoms with E-state index in [2.05, 4.69) is 6.42 Å². The predicted octanol–water partition coefficient (Wildman–Crippen LogP) is 1.63. The van der Waals surface area contributed by atoms with E-state index < -0.39 is 0 Å². The van der Waals surface area contributed by atoms with Crippen LogP contribution in [0.1, 0.15) is 32.1 Å². The van der Waals surface area contributed by atoms with Crippen molar-refractivity contribution in [2.75, 3.05) is 26.8 Å². The lowest BCUT2D eigenvalue weighted by atomic mass is 9.68. The minimum absolute atomic E-state index is 0.167. The van der Waals surface area contributed by atoms with E-state index in [1.165, 1.54) is 6.42 Å². The van der Waals surface area contributed by atoms with E-state index in [9.17, 15) is 4.79 Å². The Labute approximate surface area is 91.8 Å². The third kappa shape index (κ3) is 2.03. The van der Waals surface area contributed by atoms with Gasteiger partial charge in [0.2, 0.25) is 5.91 Å². The van der Waals surface area contributed by atoms with Gasteiger partial charge in [0.25, 0.3) is 0 Å². The van der Waals surface area contributed by atoms with Crippen LogP contribution in [0.2, 0.25) is 0 Å². The minimum Gasteiger partial charge on any atom is -0.384 e. The molecule has 0 spiro atoms. The van der Waals surface area contributed by atoms with E-state index in [1.54, 1.807) is 7.11 Å². The topological polar surface area (TPSA) is 29.5 Å². The molecule has 2 aliphatic rings. The van der Waals surface area contributed by atoms with Crippen LogP contribution in [0.25, 0.3) is 0 Å². The van der Waals surface area contributed by atoms with Gasteiger partial charge < -0.3 is 9.64 Å². The van der Waals surface area contributed by atoms with Crippen molar-refractivity contribution in [2.24, 2.45) is 5.41 Å². The fourth-order valence-corrected chi connectivity index (χ4v) is 2.58. The van der Waals surface area contributed by atoms with Crippen molar-refractivity contribution < 1.29 is 9.53 Å². The molecule has 15 heavy (non-hydrogen) atoms. The van der Waals surface area contributed by atoms with Gasteiger partial charge in [0.1, 0.15) is 0 Å². The van der Waals surface area contributed by atoms with Crippen molar-refractivity contribution in [3.8, 4) is 0 Å². The summed E-state index contributed by atoms with van der Waals surface area (Å²) in [5.41, 5.74) is -0.167. The van der Waals surface area contributed by atoms with E-state index in [0.717, 1.165) is 38.8 Å². The maximum absolute atomic E-state index is 12.3. The van der Waals surface area contributed by atoms with Crippen LogP contribution in [0.15, 0.2) is 0 Å². The van der Waals surface area contributed by atoms with E-state index in [1.807, 2.05) is 4.90 Å². The lowest BCUT2D eigenvalue weighted by Gasteiger charge is -2.43. The standard InChI is InChI=1S/C12H20NO2/c1-15-10-12(6-5-7-12)11(14)13-8-3-2-4-9-13/h3H,2,4-10H2,1H3. The Hall–Kier alpha value is -0.570. The van der Waals surface area contributed by atoms with Gasteiger partial charge in [-0.1, -0.05) is 6.42 Å². The summed E-state index contributed by atoms with van der Waals surface area (Å²) in [6, 6.07) is 0. The molecule has 3 heteroatoms. The summed E-state index contributed by atoms with van der Waals surface area (Å²) in [5, 5.41) is 0. The maximum atomic E-state index is 12.3. The summed E-state index contributed by atoms with van der Waals surface area (Å²) in [5.74, 6) is 0.326. The first-order valence-electron chi connectivity index (χ1n) is 5.88. The minimum atomic E-state index is -0.167. The van der Waals surface area contributed by atoms with Crippen LogP contribution >= 0.6 is 0 Å². The van der Waals surface area contributed by atoms with E-state index in [-0.39, 0.29) is 5.41 Å². The van der Waals surface area contributed by atoms with Crippen molar-refractivity contribution in [3.05, 3.63) is 6.42 Å². The molecule has 2 rings (SSSR count). The Balaban J connectivity index is 1.97. The maximum Gasteiger partial charge on any atom is 0.231 e. The fraction of sp³-hybridized carbons (Fsp3) is 0.833. The van der Waals surface area contributed by atoms with Crippen molar-refractivity contribution in [1.82, 2.24) is 4.90 Å². The lowest BCUT2D eigenvalue weighted by molar-refractivity contribution is -0.152. The molecule has 0 aromatic rings. The number of carbonyl (C=O) groups excluding carboxylic acids is 1. The van der Waals surface area contributed by atoms with Crippen LogP contribution in [-0.2, 0) is 9.53 Å². The molecule has 1 saturated heterocycles. The molecule has 0 bridgehead atoms. The number of amides is 1. The van der Waals surface area contributed by atoms with Gasteiger partial charge in [-0.15, -0.1) is 0 Å². The summed E-state index contributed by atoms with van der Waals surface area (Å²) in [7, 11) is 1.69. The lowest BCUT2D eigenvalue weighted by Crippen LogP contribution is -2.51. The van der Waals surface area contributed by atoms with Gasteiger partial charge in [-0.3, -0.25) is 4.79 Å². The van der Waals surface area contributed by atoms with Gasteiger partial charge in [-0.2, -0.15) is 0 Å². The van der Waals surface area contributed by atoms with Crippen molar-refractivity contribution >= 4 is 5.91 Å². The smallest absolute Gasteiger partial charge is 0.231 e. The number of likely N-dealkylation sites (tertiary alicyclic amines) is 1. The molecule has 1 aliphatic heterocycles. The summed E-state index contributed by atoms with van der Waals surface area (Å²) < 4.78 is 5.20. The second-order valence-electron chi connectivity index (χ2n) is 4.75. The molecule has 1 amide bonds. The average Bonchev–Trinajstić information content (AvgIpc) is 2.24. The molecule has 0 unspecified atom stereocenters. The Morgan fingerprint density at radius 1 is 1.47 bits per heavy atom. The highest BCUT2D eigenvalue weighted by atomic mass is 16.5. The normalized spacial score (nSPS) is 24.7. The third-order valence-corrected chi connectivity index (χ3v) is 3.66. The highest BCUT2D eigenvalue weighted by Gasteiger charge is 2.46. The first-order valence-corrected chi connectivity index (χ1v) is 5.88. The van der Waals surface area contributed by atoms with Crippen LogP contribution in [0.4, 0.5) is 0 Å². The number of hydrogen-bond donors (Lipinski definition) is 0. The second kappa shape index (κ2) is 4.52. The highest BCUT2D eigenvalue weighted by Crippen LogP contribution is 2.43. The van der Waals surface area contributed by atoms with Gasteiger partial charge in [-0.05, 0) is 32.1 Å². The zero-order valence-electron chi connectivity index (χ0n) is 9.50. The molecule has 0 aromatic heterocycles. The Kier molecular flexibility index (Phi) is 3.29. The molecule has 3 nitrogen and oxygen atoms in total. The summed E-state index contributed by atoms with van der Waals surface area (Å²) >= 11 is 0. The monoisotopic (exact) mass is 210 g/mol. The number of carbonyl (C=O) groups is 1. The summed E-state index contributed by atoms with van der Waals surface area (Å²) in [4.78, 5) is 14.3. The Bertz CT molecular complexity index is 230. The van der Waals surface area contributed by atoms with Crippen molar-refractivity contribution in [2.45, 2.75) is 32.1 Å². The number of piperidine rings is 1. The molecule has 0 N–H and O–H groups in total.